The van der Waals surface area contributed by atoms with Crippen LogP contribution in [0.4, 0.5) is 11.5 Å². The lowest BCUT2D eigenvalue weighted by Gasteiger charge is -2.24. The number of hydrogen-bond acceptors (Lipinski definition) is 5. The van der Waals surface area contributed by atoms with E-state index in [0.717, 1.165) is 12.1 Å². The first-order valence-corrected chi connectivity index (χ1v) is 7.94. The quantitative estimate of drug-likeness (QED) is 0.808. The molecule has 1 aliphatic heterocycles. The first kappa shape index (κ1) is 16.0. The summed E-state index contributed by atoms with van der Waals surface area (Å²) in [5, 5.41) is 0. The number of aromatic amines is 1. The lowest BCUT2D eigenvalue weighted by Crippen LogP contribution is -2.40. The van der Waals surface area contributed by atoms with Crippen LogP contribution in [0.25, 0.3) is 0 Å². The highest BCUT2D eigenvalue weighted by molar-refractivity contribution is 6.02. The summed E-state index contributed by atoms with van der Waals surface area (Å²) < 4.78 is 1.19. The third-order valence-corrected chi connectivity index (χ3v) is 4.50. The van der Waals surface area contributed by atoms with Gasteiger partial charge in [-0.1, -0.05) is 18.2 Å². The van der Waals surface area contributed by atoms with Gasteiger partial charge in [0, 0.05) is 18.3 Å². The maximum atomic E-state index is 12.7. The minimum atomic E-state index is -0.729. The highest BCUT2D eigenvalue weighted by atomic mass is 16.2. The molecule has 2 aromatic rings. The van der Waals surface area contributed by atoms with Crippen LogP contribution in [0.3, 0.4) is 0 Å². The summed E-state index contributed by atoms with van der Waals surface area (Å²) in [4.78, 5) is 40.7. The van der Waals surface area contributed by atoms with Crippen LogP contribution in [0.1, 0.15) is 29.8 Å². The molecule has 0 saturated carbocycles. The van der Waals surface area contributed by atoms with Gasteiger partial charge in [0.2, 0.25) is 0 Å². The highest BCUT2D eigenvalue weighted by Crippen LogP contribution is 2.31. The lowest BCUT2D eigenvalue weighted by molar-refractivity contribution is 0.0996. The van der Waals surface area contributed by atoms with Gasteiger partial charge in [-0.25, -0.2) is 4.79 Å². The number of nitrogens with one attached hydrogen (secondary N) is 1. The highest BCUT2D eigenvalue weighted by Gasteiger charge is 2.29. The van der Waals surface area contributed by atoms with Gasteiger partial charge in [0.05, 0.1) is 6.54 Å². The number of nitrogens with zero attached hydrogens (tertiary/aromatic N) is 2. The molecule has 7 heteroatoms. The molecule has 0 spiro atoms. The Morgan fingerprint density at radius 1 is 1.33 bits per heavy atom. The molecule has 3 N–H and O–H groups in total. The predicted molar refractivity (Wildman–Crippen MR) is 92.7 cm³/mol. The van der Waals surface area contributed by atoms with E-state index in [1.54, 1.807) is 6.92 Å². The number of aromatic nitrogens is 2. The van der Waals surface area contributed by atoms with Crippen LogP contribution in [0.5, 0.6) is 0 Å². The topological polar surface area (TPSA) is 101 Å². The molecule has 0 radical (unpaired) electrons. The van der Waals surface area contributed by atoms with Crippen LogP contribution in [0.2, 0.25) is 0 Å². The molecule has 0 bridgehead atoms. The van der Waals surface area contributed by atoms with Crippen molar-refractivity contribution in [2.75, 3.05) is 17.2 Å². The fraction of sp³-hybridized carbons (Fsp3) is 0.353. The SMILES string of the molecule is CCn1c(N)c(C(=O)CN2c3ccccc3C[C@H]2C)c(=O)[nH]c1=O. The van der Waals surface area contributed by atoms with Crippen LogP contribution in [-0.4, -0.2) is 27.9 Å². The molecule has 126 valence electrons. The second-order valence-electron chi connectivity index (χ2n) is 6.00. The zero-order chi connectivity index (χ0) is 17.4. The standard InChI is InChI=1S/C17H20N4O3/c1-3-20-15(18)14(16(23)19-17(20)24)13(22)9-21-10(2)8-11-6-4-5-7-12(11)21/h4-7,10H,3,8-9,18H2,1-2H3,(H,19,23,24)/t10-/m1/s1. The Labute approximate surface area is 138 Å². The van der Waals surface area contributed by atoms with Gasteiger partial charge in [0.1, 0.15) is 11.4 Å². The van der Waals surface area contributed by atoms with Crippen LogP contribution in [-0.2, 0) is 13.0 Å². The van der Waals surface area contributed by atoms with E-state index in [1.807, 2.05) is 36.1 Å². The van der Waals surface area contributed by atoms with Crippen molar-refractivity contribution in [3.8, 4) is 0 Å². The van der Waals surface area contributed by atoms with Gasteiger partial charge in [0.25, 0.3) is 5.56 Å². The van der Waals surface area contributed by atoms with Gasteiger partial charge >= 0.3 is 5.69 Å². The molecule has 1 aromatic heterocycles. The van der Waals surface area contributed by atoms with E-state index < -0.39 is 11.2 Å². The Kier molecular flexibility index (Phi) is 4.01. The van der Waals surface area contributed by atoms with E-state index in [2.05, 4.69) is 4.98 Å². The van der Waals surface area contributed by atoms with Crippen molar-refractivity contribution in [3.05, 3.63) is 56.2 Å². The largest absolute Gasteiger partial charge is 0.384 e. The number of Topliss-reactive ketones (excluding diaryl/α,β-unsaturated/α-hetero) is 1. The molecule has 1 atom stereocenters. The summed E-state index contributed by atoms with van der Waals surface area (Å²) in [6.45, 7) is 4.09. The first-order valence-electron chi connectivity index (χ1n) is 7.94. The molecule has 0 amide bonds. The maximum absolute atomic E-state index is 12.7. The fourth-order valence-corrected chi connectivity index (χ4v) is 3.28. The van der Waals surface area contributed by atoms with Crippen molar-refractivity contribution < 1.29 is 4.79 Å². The van der Waals surface area contributed by atoms with E-state index in [0.29, 0.717) is 0 Å². The molecular formula is C17H20N4O3. The van der Waals surface area contributed by atoms with Crippen LogP contribution >= 0.6 is 0 Å². The Morgan fingerprint density at radius 2 is 2.04 bits per heavy atom. The second-order valence-corrected chi connectivity index (χ2v) is 6.00. The van der Waals surface area contributed by atoms with E-state index in [1.165, 1.54) is 10.1 Å². The lowest BCUT2D eigenvalue weighted by atomic mass is 10.1. The monoisotopic (exact) mass is 328 g/mol. The van der Waals surface area contributed by atoms with Gasteiger partial charge in [-0.3, -0.25) is 19.1 Å². The Morgan fingerprint density at radius 3 is 2.75 bits per heavy atom. The van der Waals surface area contributed by atoms with Crippen molar-refractivity contribution in [1.82, 2.24) is 9.55 Å². The molecular weight excluding hydrogens is 308 g/mol. The van der Waals surface area contributed by atoms with Gasteiger partial charge in [-0.2, -0.15) is 0 Å². The number of benzene rings is 1. The van der Waals surface area contributed by atoms with Gasteiger partial charge in [-0.05, 0) is 31.9 Å². The molecule has 1 aromatic carbocycles. The number of nitrogen functional groups attached to an aromatic ring is 1. The number of carbonyl (C=O) groups excluding carboxylic acids is 1. The summed E-state index contributed by atoms with van der Waals surface area (Å²) in [5.41, 5.74) is 6.60. The first-order chi connectivity index (χ1) is 11.4. The predicted octanol–water partition coefficient (Wildman–Crippen LogP) is 0.773. The summed E-state index contributed by atoms with van der Waals surface area (Å²) in [6, 6.07) is 8.05. The number of nitrogens with two attached hydrogens (primary N) is 1. The third-order valence-electron chi connectivity index (χ3n) is 4.50. The summed E-state index contributed by atoms with van der Waals surface area (Å²) in [7, 11) is 0. The fourth-order valence-electron chi connectivity index (χ4n) is 3.28. The van der Waals surface area contributed by atoms with E-state index in [9.17, 15) is 14.4 Å². The van der Waals surface area contributed by atoms with Crippen molar-refractivity contribution >= 4 is 17.3 Å². The Balaban J connectivity index is 1.97. The molecule has 2 heterocycles. The van der Waals surface area contributed by atoms with Crippen molar-refractivity contribution in [2.45, 2.75) is 32.9 Å². The van der Waals surface area contributed by atoms with Gasteiger partial charge in [0.15, 0.2) is 5.78 Å². The Hall–Kier alpha value is -2.83. The summed E-state index contributed by atoms with van der Waals surface area (Å²) in [6.07, 6.45) is 0.851. The number of fused-ring (bicyclic) bond motifs is 1. The van der Waals surface area contributed by atoms with Crippen LogP contribution < -0.4 is 21.9 Å². The average molecular weight is 328 g/mol. The number of hydrogen-bond donors (Lipinski definition) is 2. The number of carbonyl (C=O) groups is 1. The van der Waals surface area contributed by atoms with E-state index in [-0.39, 0.29) is 36.3 Å². The number of anilines is 2. The van der Waals surface area contributed by atoms with Crippen molar-refractivity contribution in [3.63, 3.8) is 0 Å². The average Bonchev–Trinajstić information content (AvgIpc) is 2.83. The second kappa shape index (κ2) is 5.99. The Bertz CT molecular complexity index is 913. The number of para-hydroxylation sites is 1. The van der Waals surface area contributed by atoms with Crippen LogP contribution in [0, 0.1) is 0 Å². The zero-order valence-electron chi connectivity index (χ0n) is 13.7. The molecule has 7 nitrogen and oxygen atoms in total. The minimum Gasteiger partial charge on any atom is -0.384 e. The van der Waals surface area contributed by atoms with Crippen LogP contribution in [0.15, 0.2) is 33.9 Å². The number of H-pyrrole nitrogens is 1. The third kappa shape index (κ3) is 2.51. The summed E-state index contributed by atoms with van der Waals surface area (Å²) >= 11 is 0. The van der Waals surface area contributed by atoms with Crippen molar-refractivity contribution in [2.24, 2.45) is 0 Å². The number of ketones is 1. The van der Waals surface area contributed by atoms with Gasteiger partial charge < -0.3 is 10.6 Å². The molecule has 0 saturated heterocycles. The van der Waals surface area contributed by atoms with E-state index in [4.69, 9.17) is 5.73 Å². The van der Waals surface area contributed by atoms with E-state index >= 15 is 0 Å². The molecule has 1 aliphatic rings. The summed E-state index contributed by atoms with van der Waals surface area (Å²) in [5.74, 6) is -0.462. The maximum Gasteiger partial charge on any atom is 0.329 e. The molecule has 24 heavy (non-hydrogen) atoms. The minimum absolute atomic E-state index is 0.0490. The van der Waals surface area contributed by atoms with Gasteiger partial charge in [-0.15, -0.1) is 0 Å². The molecule has 0 aliphatic carbocycles. The normalized spacial score (nSPS) is 16.2. The molecule has 0 fully saturated rings. The smallest absolute Gasteiger partial charge is 0.329 e. The molecule has 0 unspecified atom stereocenters. The zero-order valence-corrected chi connectivity index (χ0v) is 13.7. The number of rotatable bonds is 4. The van der Waals surface area contributed by atoms with Crippen molar-refractivity contribution in [1.29, 1.82) is 0 Å². The molecule has 3 rings (SSSR count).